The monoisotopic (exact) mass is 251 g/mol. The van der Waals surface area contributed by atoms with Crippen LogP contribution in [-0.4, -0.2) is 17.8 Å². The third kappa shape index (κ3) is 3.01. The summed E-state index contributed by atoms with van der Waals surface area (Å²) in [6.07, 6.45) is 4.33. The number of rotatable bonds is 4. The van der Waals surface area contributed by atoms with Crippen LogP contribution in [0.1, 0.15) is 41.3 Å². The van der Waals surface area contributed by atoms with Gasteiger partial charge >= 0.3 is 0 Å². The predicted octanol–water partition coefficient (Wildman–Crippen LogP) is 2.92. The molecule has 0 spiro atoms. The van der Waals surface area contributed by atoms with E-state index in [2.05, 4.69) is 11.4 Å². The van der Waals surface area contributed by atoms with Crippen molar-refractivity contribution in [3.63, 3.8) is 0 Å². The van der Waals surface area contributed by atoms with Crippen LogP contribution in [0.2, 0.25) is 0 Å². The normalized spacial score (nSPS) is 15.4. The molecule has 1 aliphatic rings. The number of hydrogen-bond acceptors (Lipinski definition) is 1. The van der Waals surface area contributed by atoms with Crippen LogP contribution < -0.4 is 5.32 Å². The molecule has 3 heteroatoms. The summed E-state index contributed by atoms with van der Waals surface area (Å²) in [5.41, 5.74) is 3.48. The van der Waals surface area contributed by atoms with Gasteiger partial charge in [0.05, 0.1) is 5.38 Å². The van der Waals surface area contributed by atoms with Crippen LogP contribution in [-0.2, 0) is 12.8 Å². The van der Waals surface area contributed by atoms with E-state index in [1.807, 2.05) is 19.1 Å². The molecule has 2 rings (SSSR count). The maximum Gasteiger partial charge on any atom is 0.251 e. The van der Waals surface area contributed by atoms with Crippen molar-refractivity contribution in [2.24, 2.45) is 0 Å². The number of halogens is 1. The van der Waals surface area contributed by atoms with Gasteiger partial charge in [-0.1, -0.05) is 13.0 Å². The minimum atomic E-state index is -0.0150. The summed E-state index contributed by atoms with van der Waals surface area (Å²) in [6.45, 7) is 2.55. The Kier molecular flexibility index (Phi) is 4.06. The molecule has 1 atom stereocenters. The molecule has 0 aromatic heterocycles. The lowest BCUT2D eigenvalue weighted by Gasteiger charge is -2.09. The Morgan fingerprint density at radius 1 is 1.41 bits per heavy atom. The molecule has 1 aromatic carbocycles. The lowest BCUT2D eigenvalue weighted by atomic mass is 10.1. The van der Waals surface area contributed by atoms with Gasteiger partial charge in [0.25, 0.3) is 5.91 Å². The zero-order valence-electron chi connectivity index (χ0n) is 10.1. The average Bonchev–Trinajstić information content (AvgIpc) is 2.82. The number of benzene rings is 1. The maximum absolute atomic E-state index is 11.9. The van der Waals surface area contributed by atoms with Gasteiger partial charge in [-0.2, -0.15) is 0 Å². The van der Waals surface area contributed by atoms with Gasteiger partial charge in [-0.15, -0.1) is 11.6 Å². The van der Waals surface area contributed by atoms with E-state index in [4.69, 9.17) is 11.6 Å². The van der Waals surface area contributed by atoms with Crippen LogP contribution in [0, 0.1) is 0 Å². The number of amides is 1. The molecule has 0 bridgehead atoms. The molecule has 17 heavy (non-hydrogen) atoms. The van der Waals surface area contributed by atoms with Gasteiger partial charge in [-0.3, -0.25) is 4.79 Å². The molecule has 2 nitrogen and oxygen atoms in total. The Bertz CT molecular complexity index is 417. The van der Waals surface area contributed by atoms with Crippen LogP contribution in [0.15, 0.2) is 18.2 Å². The molecule has 0 aliphatic heterocycles. The van der Waals surface area contributed by atoms with Crippen molar-refractivity contribution in [2.45, 2.75) is 38.0 Å². The molecule has 1 N–H and O–H groups in total. The van der Waals surface area contributed by atoms with Crippen molar-refractivity contribution in [3.8, 4) is 0 Å². The van der Waals surface area contributed by atoms with Gasteiger partial charge in [0.15, 0.2) is 0 Å². The maximum atomic E-state index is 11.9. The highest BCUT2D eigenvalue weighted by molar-refractivity contribution is 6.20. The number of fused-ring (bicyclic) bond motifs is 1. The fraction of sp³-hybridized carbons (Fsp3) is 0.500. The second-order valence-electron chi connectivity index (χ2n) is 4.55. The van der Waals surface area contributed by atoms with Crippen molar-refractivity contribution < 1.29 is 4.79 Å². The summed E-state index contributed by atoms with van der Waals surface area (Å²) in [5, 5.41) is 2.89. The highest BCUT2D eigenvalue weighted by atomic mass is 35.5. The Hall–Kier alpha value is -1.02. The highest BCUT2D eigenvalue weighted by Gasteiger charge is 2.14. The van der Waals surface area contributed by atoms with Gasteiger partial charge in [-0.05, 0) is 48.9 Å². The van der Waals surface area contributed by atoms with Crippen LogP contribution in [0.5, 0.6) is 0 Å². The van der Waals surface area contributed by atoms with Crippen LogP contribution in [0.25, 0.3) is 0 Å². The molecule has 0 fully saturated rings. The van der Waals surface area contributed by atoms with Gasteiger partial charge in [0.1, 0.15) is 0 Å². The summed E-state index contributed by atoms with van der Waals surface area (Å²) < 4.78 is 0. The van der Waals surface area contributed by atoms with Crippen molar-refractivity contribution in [1.82, 2.24) is 5.32 Å². The first-order valence-electron chi connectivity index (χ1n) is 6.24. The van der Waals surface area contributed by atoms with Gasteiger partial charge in [0.2, 0.25) is 0 Å². The molecule has 0 heterocycles. The largest absolute Gasteiger partial charge is 0.351 e. The Balaban J connectivity index is 2.00. The van der Waals surface area contributed by atoms with E-state index in [-0.39, 0.29) is 11.3 Å². The molecule has 0 radical (unpaired) electrons. The number of aryl methyl sites for hydroxylation is 2. The van der Waals surface area contributed by atoms with E-state index in [9.17, 15) is 4.79 Å². The Morgan fingerprint density at radius 2 is 2.18 bits per heavy atom. The summed E-state index contributed by atoms with van der Waals surface area (Å²) in [4.78, 5) is 11.9. The van der Waals surface area contributed by atoms with E-state index in [0.29, 0.717) is 6.54 Å². The molecule has 1 unspecified atom stereocenters. The molecular weight excluding hydrogens is 234 g/mol. The molecular formula is C14H18ClNO. The Morgan fingerprint density at radius 3 is 2.94 bits per heavy atom. The first-order valence-corrected chi connectivity index (χ1v) is 6.68. The molecule has 1 aromatic rings. The summed E-state index contributed by atoms with van der Waals surface area (Å²) >= 11 is 5.98. The fourth-order valence-corrected chi connectivity index (χ4v) is 2.24. The van der Waals surface area contributed by atoms with Gasteiger partial charge in [0, 0.05) is 12.1 Å². The standard InChI is InChI=1S/C14H18ClNO/c1-2-13(15)9-16-14(17)12-7-6-10-4-3-5-11(10)8-12/h6-8,13H,2-5,9H2,1H3,(H,16,17). The number of hydrogen-bond donors (Lipinski definition) is 1. The second-order valence-corrected chi connectivity index (χ2v) is 5.17. The van der Waals surface area contributed by atoms with Crippen molar-refractivity contribution >= 4 is 17.5 Å². The summed E-state index contributed by atoms with van der Waals surface area (Å²) in [7, 11) is 0. The number of nitrogens with one attached hydrogen (secondary N) is 1. The molecule has 0 saturated carbocycles. The van der Waals surface area contributed by atoms with Gasteiger partial charge < -0.3 is 5.32 Å². The zero-order chi connectivity index (χ0) is 12.3. The SMILES string of the molecule is CCC(Cl)CNC(=O)c1ccc2c(c1)CCC2. The fourth-order valence-electron chi connectivity index (χ4n) is 2.16. The zero-order valence-corrected chi connectivity index (χ0v) is 10.9. The molecule has 92 valence electrons. The third-order valence-electron chi connectivity index (χ3n) is 3.29. The van der Waals surface area contributed by atoms with Crippen LogP contribution in [0.3, 0.4) is 0 Å². The van der Waals surface area contributed by atoms with Crippen LogP contribution >= 0.6 is 11.6 Å². The molecule has 1 amide bonds. The average molecular weight is 252 g/mol. The second kappa shape index (κ2) is 5.54. The molecule has 0 saturated heterocycles. The van der Waals surface area contributed by atoms with E-state index < -0.39 is 0 Å². The van der Waals surface area contributed by atoms with Crippen molar-refractivity contribution in [2.75, 3.05) is 6.54 Å². The summed E-state index contributed by atoms with van der Waals surface area (Å²) in [6, 6.07) is 6.01. The molecule has 1 aliphatic carbocycles. The quantitative estimate of drug-likeness (QED) is 0.820. The van der Waals surface area contributed by atoms with E-state index in [0.717, 1.165) is 24.8 Å². The minimum Gasteiger partial charge on any atom is -0.351 e. The lowest BCUT2D eigenvalue weighted by Crippen LogP contribution is -2.29. The summed E-state index contributed by atoms with van der Waals surface area (Å²) in [5.74, 6) is -0.0150. The van der Waals surface area contributed by atoms with Gasteiger partial charge in [-0.25, -0.2) is 0 Å². The minimum absolute atomic E-state index is 0.0150. The third-order valence-corrected chi connectivity index (χ3v) is 3.75. The van der Waals surface area contributed by atoms with Crippen molar-refractivity contribution in [1.29, 1.82) is 0 Å². The van der Waals surface area contributed by atoms with Crippen molar-refractivity contribution in [3.05, 3.63) is 34.9 Å². The van der Waals surface area contributed by atoms with Crippen LogP contribution in [0.4, 0.5) is 0 Å². The van der Waals surface area contributed by atoms with E-state index in [1.165, 1.54) is 17.5 Å². The topological polar surface area (TPSA) is 29.1 Å². The first kappa shape index (κ1) is 12.4. The first-order chi connectivity index (χ1) is 8.20. The number of alkyl halides is 1. The predicted molar refractivity (Wildman–Crippen MR) is 70.7 cm³/mol. The number of carbonyl (C=O) groups is 1. The highest BCUT2D eigenvalue weighted by Crippen LogP contribution is 2.22. The smallest absolute Gasteiger partial charge is 0.251 e. The lowest BCUT2D eigenvalue weighted by molar-refractivity contribution is 0.0953. The Labute approximate surface area is 107 Å². The number of carbonyl (C=O) groups excluding carboxylic acids is 1. The van der Waals surface area contributed by atoms with E-state index in [1.54, 1.807) is 0 Å². The van der Waals surface area contributed by atoms with E-state index >= 15 is 0 Å².